The third-order valence-electron chi connectivity index (χ3n) is 4.73. The van der Waals surface area contributed by atoms with Gasteiger partial charge in [0.2, 0.25) is 0 Å². The van der Waals surface area contributed by atoms with Gasteiger partial charge in [-0.05, 0) is 44.0 Å². The van der Waals surface area contributed by atoms with Crippen molar-refractivity contribution in [3.63, 3.8) is 0 Å². The van der Waals surface area contributed by atoms with Crippen LogP contribution in [0.15, 0.2) is 36.4 Å². The number of benzene rings is 2. The van der Waals surface area contributed by atoms with E-state index in [0.717, 1.165) is 33.8 Å². The zero-order valence-corrected chi connectivity index (χ0v) is 16.6. The van der Waals surface area contributed by atoms with Crippen LogP contribution in [0.25, 0.3) is 11.1 Å². The normalized spacial score (nSPS) is 15.2. The van der Waals surface area contributed by atoms with Crippen molar-refractivity contribution in [2.45, 2.75) is 44.8 Å². The Hall–Kier alpha value is -2.53. The molecule has 1 aliphatic rings. The van der Waals surface area contributed by atoms with Crippen LogP contribution < -0.4 is 15.2 Å². The summed E-state index contributed by atoms with van der Waals surface area (Å²) in [7, 11) is 3.28. The molecular formula is C22H27NO4. The Labute approximate surface area is 160 Å². The summed E-state index contributed by atoms with van der Waals surface area (Å²) in [5, 5.41) is 0. The first-order chi connectivity index (χ1) is 12.7. The van der Waals surface area contributed by atoms with Crippen LogP contribution in [0.1, 0.15) is 31.9 Å². The molecule has 144 valence electrons. The number of ether oxygens (including phenoxy) is 3. The van der Waals surface area contributed by atoms with Gasteiger partial charge in [-0.2, -0.15) is 0 Å². The van der Waals surface area contributed by atoms with Gasteiger partial charge in [0.05, 0.1) is 14.2 Å². The van der Waals surface area contributed by atoms with Gasteiger partial charge in [0, 0.05) is 24.0 Å². The van der Waals surface area contributed by atoms with Crippen molar-refractivity contribution in [3.8, 4) is 22.6 Å². The van der Waals surface area contributed by atoms with E-state index in [1.165, 1.54) is 0 Å². The monoisotopic (exact) mass is 369 g/mol. The number of carbonyl (C=O) groups is 1. The highest BCUT2D eigenvalue weighted by molar-refractivity contribution is 5.88. The first kappa shape index (κ1) is 19.2. The van der Waals surface area contributed by atoms with Crippen molar-refractivity contribution in [1.29, 1.82) is 0 Å². The summed E-state index contributed by atoms with van der Waals surface area (Å²) < 4.78 is 16.9. The van der Waals surface area contributed by atoms with Crippen molar-refractivity contribution in [2.75, 3.05) is 14.2 Å². The molecule has 0 saturated heterocycles. The molecule has 0 aromatic heterocycles. The second-order valence-electron chi connectivity index (χ2n) is 8.00. The number of esters is 1. The molecule has 5 heteroatoms. The van der Waals surface area contributed by atoms with Crippen LogP contribution in [0.5, 0.6) is 11.5 Å². The summed E-state index contributed by atoms with van der Waals surface area (Å²) in [6.07, 6.45) is 0.707. The highest BCUT2D eigenvalue weighted by Crippen LogP contribution is 2.45. The molecule has 0 radical (unpaired) electrons. The molecule has 5 nitrogen and oxygen atoms in total. The van der Waals surface area contributed by atoms with E-state index in [9.17, 15) is 4.79 Å². The van der Waals surface area contributed by atoms with Gasteiger partial charge in [0.25, 0.3) is 0 Å². The van der Waals surface area contributed by atoms with Crippen molar-refractivity contribution in [3.05, 3.63) is 47.5 Å². The van der Waals surface area contributed by atoms with E-state index in [2.05, 4.69) is 0 Å². The summed E-state index contributed by atoms with van der Waals surface area (Å²) in [6, 6.07) is 11.6. The van der Waals surface area contributed by atoms with Gasteiger partial charge in [-0.25, -0.2) is 0 Å². The molecule has 0 unspecified atom stereocenters. The first-order valence-electron chi connectivity index (χ1n) is 9.03. The lowest BCUT2D eigenvalue weighted by Crippen LogP contribution is -2.54. The predicted octanol–water partition coefficient (Wildman–Crippen LogP) is 3.51. The summed E-state index contributed by atoms with van der Waals surface area (Å²) in [5.41, 5.74) is 8.60. The minimum Gasteiger partial charge on any atom is -0.496 e. The zero-order valence-electron chi connectivity index (χ0n) is 16.6. The molecule has 0 saturated carbocycles. The maximum absolute atomic E-state index is 13.0. The lowest BCUT2D eigenvalue weighted by molar-refractivity contribution is -0.161. The summed E-state index contributed by atoms with van der Waals surface area (Å²) in [6.45, 7) is 5.54. The third-order valence-corrected chi connectivity index (χ3v) is 4.73. The van der Waals surface area contributed by atoms with Gasteiger partial charge in [-0.15, -0.1) is 0 Å². The van der Waals surface area contributed by atoms with E-state index in [-0.39, 0.29) is 0 Å². The van der Waals surface area contributed by atoms with Gasteiger partial charge >= 0.3 is 5.97 Å². The topological polar surface area (TPSA) is 70.8 Å². The largest absolute Gasteiger partial charge is 0.496 e. The van der Waals surface area contributed by atoms with Gasteiger partial charge < -0.3 is 19.9 Å². The molecular weight excluding hydrogens is 342 g/mol. The second kappa shape index (κ2) is 6.89. The van der Waals surface area contributed by atoms with Crippen LogP contribution in [0, 0.1) is 0 Å². The maximum atomic E-state index is 13.0. The molecule has 0 aliphatic heterocycles. The number of fused-ring (bicyclic) bond motifs is 3. The minimum atomic E-state index is -1.17. The Morgan fingerprint density at radius 3 is 1.74 bits per heavy atom. The first-order valence-corrected chi connectivity index (χ1v) is 9.03. The fourth-order valence-corrected chi connectivity index (χ4v) is 3.62. The van der Waals surface area contributed by atoms with Crippen LogP contribution in [0.2, 0.25) is 0 Å². The Kier molecular flexibility index (Phi) is 4.91. The fourth-order valence-electron chi connectivity index (χ4n) is 3.62. The fraction of sp³-hybridized carbons (Fsp3) is 0.409. The number of hydrogen-bond donors (Lipinski definition) is 1. The molecule has 3 rings (SSSR count). The number of carbonyl (C=O) groups excluding carboxylic acids is 1. The molecule has 2 N–H and O–H groups in total. The van der Waals surface area contributed by atoms with Gasteiger partial charge in [0.1, 0.15) is 22.6 Å². The molecule has 2 aromatic rings. The molecule has 2 aromatic carbocycles. The van der Waals surface area contributed by atoms with E-state index in [0.29, 0.717) is 12.8 Å². The number of nitrogens with two attached hydrogens (primary N) is 1. The highest BCUT2D eigenvalue weighted by atomic mass is 16.6. The third kappa shape index (κ3) is 3.65. The van der Waals surface area contributed by atoms with Crippen LogP contribution in [0.4, 0.5) is 0 Å². The van der Waals surface area contributed by atoms with Crippen LogP contribution >= 0.6 is 0 Å². The van der Waals surface area contributed by atoms with Crippen LogP contribution in [-0.4, -0.2) is 31.3 Å². The SMILES string of the molecule is COc1cccc2c1-c1c(cccc1OC)CC(N)(C(=O)OC(C)(C)C)C2. The molecule has 0 heterocycles. The van der Waals surface area contributed by atoms with Crippen LogP contribution in [-0.2, 0) is 22.4 Å². The maximum Gasteiger partial charge on any atom is 0.327 e. The Morgan fingerprint density at radius 1 is 0.926 bits per heavy atom. The summed E-state index contributed by atoms with van der Waals surface area (Å²) in [5.74, 6) is 1.05. The van der Waals surface area contributed by atoms with Gasteiger partial charge in [-0.3, -0.25) is 4.79 Å². The smallest absolute Gasteiger partial charge is 0.327 e. The Bertz CT molecular complexity index is 812. The second-order valence-corrected chi connectivity index (χ2v) is 8.00. The molecule has 0 bridgehead atoms. The number of methoxy groups -OCH3 is 2. The van der Waals surface area contributed by atoms with Crippen molar-refractivity contribution < 1.29 is 19.0 Å². The lowest BCUT2D eigenvalue weighted by Gasteiger charge is -2.31. The van der Waals surface area contributed by atoms with E-state index in [1.807, 2.05) is 57.2 Å². The molecule has 27 heavy (non-hydrogen) atoms. The van der Waals surface area contributed by atoms with Gasteiger partial charge in [-0.1, -0.05) is 24.3 Å². The minimum absolute atomic E-state index is 0.353. The quantitative estimate of drug-likeness (QED) is 0.839. The standard InChI is InChI=1S/C22H27NO4/c1-21(2,3)27-20(24)22(23)12-14-8-6-10-16(25-4)18(14)19-15(13-22)9-7-11-17(19)26-5/h6-11H,12-13,23H2,1-5H3. The van der Waals surface area contributed by atoms with Crippen molar-refractivity contribution >= 4 is 5.97 Å². The highest BCUT2D eigenvalue weighted by Gasteiger charge is 2.42. The van der Waals surface area contributed by atoms with Crippen molar-refractivity contribution in [1.82, 2.24) is 0 Å². The predicted molar refractivity (Wildman–Crippen MR) is 105 cm³/mol. The molecule has 1 aliphatic carbocycles. The summed E-state index contributed by atoms with van der Waals surface area (Å²) >= 11 is 0. The number of hydrogen-bond acceptors (Lipinski definition) is 5. The molecule has 0 spiro atoms. The zero-order chi connectivity index (χ0) is 19.8. The van der Waals surface area contributed by atoms with Gasteiger partial charge in [0.15, 0.2) is 0 Å². The van der Waals surface area contributed by atoms with E-state index >= 15 is 0 Å². The Morgan fingerprint density at radius 2 is 1.37 bits per heavy atom. The lowest BCUT2D eigenvalue weighted by atomic mass is 9.87. The molecule has 0 atom stereocenters. The molecule has 0 fully saturated rings. The molecule has 0 amide bonds. The van der Waals surface area contributed by atoms with E-state index in [4.69, 9.17) is 19.9 Å². The average Bonchev–Trinajstić information content (AvgIpc) is 2.73. The van der Waals surface area contributed by atoms with Crippen LogP contribution in [0.3, 0.4) is 0 Å². The van der Waals surface area contributed by atoms with Crippen molar-refractivity contribution in [2.24, 2.45) is 5.73 Å². The number of rotatable bonds is 3. The summed E-state index contributed by atoms with van der Waals surface area (Å²) in [4.78, 5) is 13.0. The average molecular weight is 369 g/mol. The van der Waals surface area contributed by atoms with E-state index < -0.39 is 17.1 Å². The van der Waals surface area contributed by atoms with E-state index in [1.54, 1.807) is 14.2 Å². The Balaban J connectivity index is 2.23.